The van der Waals surface area contributed by atoms with E-state index in [4.69, 9.17) is 4.42 Å². The van der Waals surface area contributed by atoms with Crippen molar-refractivity contribution in [3.63, 3.8) is 0 Å². The standard InChI is InChI=1S/C19H17N3O3/c23-18(13-9-12-3-1-2-4-16(12)25-19(13)24)22-8-7-15-14(10-22)17(21-20-15)11-5-6-11/h1-4,9,11H,5-8,10H2,(H,20,21). The van der Waals surface area contributed by atoms with E-state index in [1.165, 1.54) is 12.8 Å². The maximum absolute atomic E-state index is 12.9. The lowest BCUT2D eigenvalue weighted by molar-refractivity contribution is 0.0729. The van der Waals surface area contributed by atoms with Gasteiger partial charge in [-0.05, 0) is 25.0 Å². The molecule has 1 aromatic carbocycles. The van der Waals surface area contributed by atoms with E-state index in [0.29, 0.717) is 24.6 Å². The van der Waals surface area contributed by atoms with Crippen LogP contribution in [0, 0.1) is 0 Å². The van der Waals surface area contributed by atoms with Gasteiger partial charge in [0, 0.05) is 42.1 Å². The van der Waals surface area contributed by atoms with E-state index in [1.807, 2.05) is 12.1 Å². The highest BCUT2D eigenvalue weighted by molar-refractivity contribution is 5.96. The Morgan fingerprint density at radius 1 is 1.28 bits per heavy atom. The first kappa shape index (κ1) is 14.5. The van der Waals surface area contributed by atoms with Crippen LogP contribution in [0.3, 0.4) is 0 Å². The summed E-state index contributed by atoms with van der Waals surface area (Å²) in [5, 5.41) is 8.31. The van der Waals surface area contributed by atoms with E-state index in [0.717, 1.165) is 28.8 Å². The molecule has 6 nitrogen and oxygen atoms in total. The summed E-state index contributed by atoms with van der Waals surface area (Å²) in [5.74, 6) is 0.258. The highest BCUT2D eigenvalue weighted by atomic mass is 16.4. The number of hydrogen-bond acceptors (Lipinski definition) is 4. The molecule has 5 rings (SSSR count). The number of aromatic amines is 1. The van der Waals surface area contributed by atoms with Crippen molar-refractivity contribution >= 4 is 16.9 Å². The Bertz CT molecular complexity index is 1050. The van der Waals surface area contributed by atoms with Gasteiger partial charge in [0.05, 0.1) is 5.69 Å². The Morgan fingerprint density at radius 2 is 2.12 bits per heavy atom. The van der Waals surface area contributed by atoms with Crippen molar-refractivity contribution in [2.75, 3.05) is 6.54 Å². The monoisotopic (exact) mass is 335 g/mol. The Hall–Kier alpha value is -2.89. The molecule has 1 saturated carbocycles. The smallest absolute Gasteiger partial charge is 0.349 e. The van der Waals surface area contributed by atoms with Crippen molar-refractivity contribution in [2.24, 2.45) is 0 Å². The average molecular weight is 335 g/mol. The lowest BCUT2D eigenvalue weighted by atomic mass is 10.0. The van der Waals surface area contributed by atoms with Gasteiger partial charge in [0.15, 0.2) is 0 Å². The van der Waals surface area contributed by atoms with Gasteiger partial charge in [-0.3, -0.25) is 9.89 Å². The molecular formula is C19H17N3O3. The normalized spacial score (nSPS) is 16.9. The highest BCUT2D eigenvalue weighted by Gasteiger charge is 2.34. The molecule has 3 aromatic rings. The molecule has 25 heavy (non-hydrogen) atoms. The second-order valence-electron chi connectivity index (χ2n) is 6.80. The van der Waals surface area contributed by atoms with Crippen LogP contribution in [0.2, 0.25) is 0 Å². The molecule has 0 bridgehead atoms. The lowest BCUT2D eigenvalue weighted by Crippen LogP contribution is -2.38. The van der Waals surface area contributed by atoms with Crippen molar-refractivity contribution in [2.45, 2.75) is 31.7 Å². The van der Waals surface area contributed by atoms with E-state index in [9.17, 15) is 9.59 Å². The molecule has 0 unspecified atom stereocenters. The van der Waals surface area contributed by atoms with Crippen molar-refractivity contribution in [3.05, 3.63) is 63.3 Å². The summed E-state index contributed by atoms with van der Waals surface area (Å²) in [7, 11) is 0. The molecule has 0 atom stereocenters. The second kappa shape index (κ2) is 5.31. The molecule has 0 saturated heterocycles. The molecule has 1 aliphatic carbocycles. The molecule has 0 spiro atoms. The van der Waals surface area contributed by atoms with Gasteiger partial charge < -0.3 is 9.32 Å². The Morgan fingerprint density at radius 3 is 2.96 bits per heavy atom. The highest BCUT2D eigenvalue weighted by Crippen LogP contribution is 2.42. The molecule has 1 fully saturated rings. The largest absolute Gasteiger partial charge is 0.422 e. The predicted octanol–water partition coefficient (Wildman–Crippen LogP) is 2.59. The zero-order chi connectivity index (χ0) is 17.0. The lowest BCUT2D eigenvalue weighted by Gasteiger charge is -2.27. The number of fused-ring (bicyclic) bond motifs is 2. The van der Waals surface area contributed by atoms with E-state index in [1.54, 1.807) is 23.1 Å². The molecule has 1 aliphatic heterocycles. The number of carbonyl (C=O) groups is 1. The fourth-order valence-electron chi connectivity index (χ4n) is 3.57. The van der Waals surface area contributed by atoms with Crippen LogP contribution >= 0.6 is 0 Å². The van der Waals surface area contributed by atoms with Gasteiger partial charge >= 0.3 is 5.63 Å². The van der Waals surface area contributed by atoms with E-state index < -0.39 is 5.63 Å². The van der Waals surface area contributed by atoms with Crippen LogP contribution in [0.1, 0.15) is 46.1 Å². The summed E-state index contributed by atoms with van der Waals surface area (Å²) in [6, 6.07) is 8.86. The van der Waals surface area contributed by atoms with Crippen LogP contribution in [0.15, 0.2) is 39.5 Å². The summed E-state index contributed by atoms with van der Waals surface area (Å²) < 4.78 is 5.31. The van der Waals surface area contributed by atoms with E-state index in [2.05, 4.69) is 10.2 Å². The number of nitrogens with zero attached hydrogens (tertiary/aromatic N) is 2. The van der Waals surface area contributed by atoms with Gasteiger partial charge in [-0.1, -0.05) is 18.2 Å². The number of benzene rings is 1. The first-order chi connectivity index (χ1) is 12.2. The molecule has 1 N–H and O–H groups in total. The summed E-state index contributed by atoms with van der Waals surface area (Å²) in [4.78, 5) is 26.9. The quantitative estimate of drug-likeness (QED) is 0.730. The number of carbonyl (C=O) groups excluding carboxylic acids is 1. The minimum Gasteiger partial charge on any atom is -0.422 e. The van der Waals surface area contributed by atoms with E-state index in [-0.39, 0.29) is 11.5 Å². The third-order valence-corrected chi connectivity index (χ3v) is 5.09. The second-order valence-corrected chi connectivity index (χ2v) is 6.80. The minimum absolute atomic E-state index is 0.0959. The summed E-state index contributed by atoms with van der Waals surface area (Å²) in [6.45, 7) is 1.08. The number of hydrogen-bond donors (Lipinski definition) is 1. The van der Waals surface area contributed by atoms with Gasteiger partial charge in [0.2, 0.25) is 0 Å². The molecular weight excluding hydrogens is 318 g/mol. The van der Waals surface area contributed by atoms with Gasteiger partial charge in [0.25, 0.3) is 5.91 Å². The third kappa shape index (κ3) is 2.36. The van der Waals surface area contributed by atoms with E-state index >= 15 is 0 Å². The molecule has 2 aromatic heterocycles. The molecule has 2 aliphatic rings. The van der Waals surface area contributed by atoms with Gasteiger partial charge in [-0.15, -0.1) is 0 Å². The van der Waals surface area contributed by atoms with Crippen LogP contribution in [0.4, 0.5) is 0 Å². The summed E-state index contributed by atoms with van der Waals surface area (Å²) >= 11 is 0. The molecule has 3 heterocycles. The fourth-order valence-corrected chi connectivity index (χ4v) is 3.57. The summed E-state index contributed by atoms with van der Waals surface area (Å²) in [6.07, 6.45) is 3.07. The fraction of sp³-hybridized carbons (Fsp3) is 0.316. The molecule has 6 heteroatoms. The van der Waals surface area contributed by atoms with Crippen molar-refractivity contribution in [1.82, 2.24) is 15.1 Å². The van der Waals surface area contributed by atoms with Crippen LogP contribution in [0.5, 0.6) is 0 Å². The maximum atomic E-state index is 12.9. The van der Waals surface area contributed by atoms with Crippen LogP contribution in [0.25, 0.3) is 11.0 Å². The number of aromatic nitrogens is 2. The van der Waals surface area contributed by atoms with Gasteiger partial charge in [-0.25, -0.2) is 4.79 Å². The number of H-pyrrole nitrogens is 1. The average Bonchev–Trinajstić information content (AvgIpc) is 3.39. The Balaban J connectivity index is 1.49. The van der Waals surface area contributed by atoms with Crippen molar-refractivity contribution in [1.29, 1.82) is 0 Å². The van der Waals surface area contributed by atoms with Crippen LogP contribution in [-0.2, 0) is 13.0 Å². The number of amides is 1. The first-order valence-electron chi connectivity index (χ1n) is 8.59. The zero-order valence-electron chi connectivity index (χ0n) is 13.6. The molecule has 0 radical (unpaired) electrons. The van der Waals surface area contributed by atoms with Crippen molar-refractivity contribution in [3.8, 4) is 0 Å². The molecule has 126 valence electrons. The maximum Gasteiger partial charge on any atom is 0.349 e. The Labute approximate surface area is 143 Å². The number of rotatable bonds is 2. The van der Waals surface area contributed by atoms with Crippen LogP contribution < -0.4 is 5.63 Å². The first-order valence-corrected chi connectivity index (χ1v) is 8.59. The predicted molar refractivity (Wildman–Crippen MR) is 91.5 cm³/mol. The van der Waals surface area contributed by atoms with Crippen molar-refractivity contribution < 1.29 is 9.21 Å². The van der Waals surface area contributed by atoms with Gasteiger partial charge in [-0.2, -0.15) is 5.10 Å². The number of nitrogens with one attached hydrogen (secondary N) is 1. The topological polar surface area (TPSA) is 79.2 Å². The minimum atomic E-state index is -0.580. The third-order valence-electron chi connectivity index (χ3n) is 5.09. The molecule has 1 amide bonds. The zero-order valence-corrected chi connectivity index (χ0v) is 13.6. The summed E-state index contributed by atoms with van der Waals surface area (Å²) in [5.41, 5.74) is 3.36. The Kier molecular flexibility index (Phi) is 3.07. The van der Waals surface area contributed by atoms with Crippen LogP contribution in [-0.4, -0.2) is 27.5 Å². The number of para-hydroxylation sites is 1. The SMILES string of the molecule is O=C(c1cc2ccccc2oc1=O)N1CCc2[nH]nc(C3CC3)c2C1. The van der Waals surface area contributed by atoms with Gasteiger partial charge in [0.1, 0.15) is 11.1 Å².